The third-order valence-electron chi connectivity index (χ3n) is 2.28. The number of ether oxygens (including phenoxy) is 1. The van der Waals surface area contributed by atoms with Gasteiger partial charge in [-0.05, 0) is 31.2 Å². The molecule has 0 saturated heterocycles. The number of carbonyl (C=O) groups excluding carboxylic acids is 1. The molecule has 0 aliphatic carbocycles. The van der Waals surface area contributed by atoms with Gasteiger partial charge in [-0.1, -0.05) is 11.6 Å². The Labute approximate surface area is 110 Å². The van der Waals surface area contributed by atoms with E-state index in [2.05, 4.69) is 9.97 Å². The van der Waals surface area contributed by atoms with Crippen molar-refractivity contribution in [1.29, 1.82) is 0 Å². The van der Waals surface area contributed by atoms with Gasteiger partial charge in [0.25, 0.3) is 0 Å². The van der Waals surface area contributed by atoms with Gasteiger partial charge in [0.2, 0.25) is 0 Å². The van der Waals surface area contributed by atoms with E-state index in [0.29, 0.717) is 17.3 Å². The highest BCUT2D eigenvalue weighted by Gasteiger charge is 2.12. The fourth-order valence-electron chi connectivity index (χ4n) is 1.47. The highest BCUT2D eigenvalue weighted by Crippen LogP contribution is 2.25. The minimum Gasteiger partial charge on any atom is -0.461 e. The van der Waals surface area contributed by atoms with Crippen molar-refractivity contribution in [2.75, 3.05) is 6.61 Å². The zero-order valence-electron chi connectivity index (χ0n) is 9.76. The largest absolute Gasteiger partial charge is 0.461 e. The van der Waals surface area contributed by atoms with Gasteiger partial charge in [-0.25, -0.2) is 9.78 Å². The second-order valence-corrected chi connectivity index (χ2v) is 3.89. The molecule has 0 amide bonds. The highest BCUT2D eigenvalue weighted by atomic mass is 35.5. The molecule has 0 fully saturated rings. The molecule has 0 aliphatic heterocycles. The summed E-state index contributed by atoms with van der Waals surface area (Å²) in [6.45, 7) is 2.06. The molecule has 0 bridgehead atoms. The second kappa shape index (κ2) is 5.60. The zero-order chi connectivity index (χ0) is 13.0. The molecule has 0 unspecified atom stereocenters. The summed E-state index contributed by atoms with van der Waals surface area (Å²) in [6, 6.07) is 6.74. The zero-order valence-corrected chi connectivity index (χ0v) is 10.5. The molecule has 0 saturated carbocycles. The number of hydrogen-bond donors (Lipinski definition) is 0. The molecule has 0 aliphatic rings. The molecule has 5 heteroatoms. The summed E-state index contributed by atoms with van der Waals surface area (Å²) in [5.41, 5.74) is 1.60. The van der Waals surface area contributed by atoms with Crippen molar-refractivity contribution in [1.82, 2.24) is 9.97 Å². The van der Waals surface area contributed by atoms with Crippen molar-refractivity contribution in [3.05, 3.63) is 47.4 Å². The van der Waals surface area contributed by atoms with E-state index in [9.17, 15) is 4.79 Å². The molecule has 0 aromatic carbocycles. The van der Waals surface area contributed by atoms with Gasteiger partial charge in [-0.2, -0.15) is 0 Å². The van der Waals surface area contributed by atoms with Crippen molar-refractivity contribution in [3.8, 4) is 11.3 Å². The summed E-state index contributed by atoms with van der Waals surface area (Å²) in [4.78, 5) is 19.8. The van der Waals surface area contributed by atoms with E-state index < -0.39 is 5.97 Å². The molecular weight excluding hydrogens is 252 g/mol. The number of aromatic nitrogens is 2. The van der Waals surface area contributed by atoms with Crippen LogP contribution >= 0.6 is 11.6 Å². The predicted octanol–water partition coefficient (Wildman–Crippen LogP) is 2.97. The van der Waals surface area contributed by atoms with Crippen LogP contribution in [0, 0.1) is 0 Å². The van der Waals surface area contributed by atoms with Gasteiger partial charge in [0.15, 0.2) is 0 Å². The van der Waals surface area contributed by atoms with E-state index in [1.807, 2.05) is 0 Å². The van der Waals surface area contributed by atoms with Gasteiger partial charge in [-0.3, -0.25) is 4.98 Å². The van der Waals surface area contributed by atoms with Crippen LogP contribution in [0.15, 0.2) is 36.7 Å². The minimum atomic E-state index is -0.454. The maximum atomic E-state index is 11.6. The molecule has 4 nitrogen and oxygen atoms in total. The topological polar surface area (TPSA) is 52.1 Å². The molecular formula is C13H11ClN2O2. The lowest BCUT2D eigenvalue weighted by atomic mass is 10.1. The van der Waals surface area contributed by atoms with Gasteiger partial charge in [0.05, 0.1) is 17.3 Å². The van der Waals surface area contributed by atoms with Crippen LogP contribution in [0.3, 0.4) is 0 Å². The lowest BCUT2D eigenvalue weighted by molar-refractivity contribution is 0.0519. The molecule has 0 atom stereocenters. The van der Waals surface area contributed by atoms with Crippen molar-refractivity contribution >= 4 is 17.6 Å². The Kier molecular flexibility index (Phi) is 3.89. The maximum Gasteiger partial charge on any atom is 0.356 e. The summed E-state index contributed by atoms with van der Waals surface area (Å²) in [5, 5.41) is 0.481. The Balaban J connectivity index is 2.42. The van der Waals surface area contributed by atoms with Crippen LogP contribution in [0.4, 0.5) is 0 Å². The van der Waals surface area contributed by atoms with Gasteiger partial charge >= 0.3 is 5.97 Å². The van der Waals surface area contributed by atoms with Crippen LogP contribution in [0.1, 0.15) is 17.4 Å². The van der Waals surface area contributed by atoms with Crippen LogP contribution in [0.25, 0.3) is 11.3 Å². The molecule has 2 aromatic rings. The quantitative estimate of drug-likeness (QED) is 0.798. The van der Waals surface area contributed by atoms with Crippen LogP contribution in [0.2, 0.25) is 5.02 Å². The van der Waals surface area contributed by atoms with Gasteiger partial charge < -0.3 is 4.74 Å². The van der Waals surface area contributed by atoms with Crippen molar-refractivity contribution in [3.63, 3.8) is 0 Å². The third kappa shape index (κ3) is 2.65. The number of halogens is 1. The number of rotatable bonds is 3. The van der Waals surface area contributed by atoms with Gasteiger partial charge in [0, 0.05) is 18.0 Å². The molecule has 2 rings (SSSR count). The minimum absolute atomic E-state index is 0.244. The van der Waals surface area contributed by atoms with Crippen LogP contribution in [-0.4, -0.2) is 22.5 Å². The molecule has 92 valence electrons. The number of hydrogen-bond acceptors (Lipinski definition) is 4. The Morgan fingerprint density at radius 3 is 2.67 bits per heavy atom. The number of esters is 1. The fourth-order valence-corrected chi connectivity index (χ4v) is 1.69. The third-order valence-corrected chi connectivity index (χ3v) is 2.59. The van der Waals surface area contributed by atoms with Crippen LogP contribution < -0.4 is 0 Å². The maximum absolute atomic E-state index is 11.6. The summed E-state index contributed by atoms with van der Waals surface area (Å²) in [5.74, 6) is -0.454. The van der Waals surface area contributed by atoms with E-state index in [1.54, 1.807) is 43.6 Å². The molecule has 0 radical (unpaired) electrons. The van der Waals surface area contributed by atoms with Gasteiger partial charge in [0.1, 0.15) is 5.69 Å². The smallest absolute Gasteiger partial charge is 0.356 e. The summed E-state index contributed by atoms with van der Waals surface area (Å²) in [6.07, 6.45) is 3.29. The number of nitrogens with zero attached hydrogens (tertiary/aromatic N) is 2. The standard InChI is InChI=1S/C13H11ClN2O2/c1-2-18-13(17)11-4-3-10(14)12(16-11)9-5-7-15-8-6-9/h3-8H,2H2,1H3. The molecule has 2 heterocycles. The first kappa shape index (κ1) is 12.5. The molecule has 18 heavy (non-hydrogen) atoms. The van der Waals surface area contributed by atoms with E-state index in [0.717, 1.165) is 5.56 Å². The molecule has 0 spiro atoms. The predicted molar refractivity (Wildman–Crippen MR) is 68.4 cm³/mol. The van der Waals surface area contributed by atoms with E-state index in [4.69, 9.17) is 16.3 Å². The Hall–Kier alpha value is -1.94. The normalized spacial score (nSPS) is 10.1. The second-order valence-electron chi connectivity index (χ2n) is 3.48. The van der Waals surface area contributed by atoms with Gasteiger partial charge in [-0.15, -0.1) is 0 Å². The first-order valence-electron chi connectivity index (χ1n) is 5.46. The summed E-state index contributed by atoms with van der Waals surface area (Å²) >= 11 is 6.08. The lowest BCUT2D eigenvalue weighted by Crippen LogP contribution is -2.07. The first-order chi connectivity index (χ1) is 8.72. The van der Waals surface area contributed by atoms with E-state index in [-0.39, 0.29) is 5.69 Å². The lowest BCUT2D eigenvalue weighted by Gasteiger charge is -2.06. The Bertz CT molecular complexity index is 558. The van der Waals surface area contributed by atoms with Crippen molar-refractivity contribution in [2.24, 2.45) is 0 Å². The highest BCUT2D eigenvalue weighted by molar-refractivity contribution is 6.33. The van der Waals surface area contributed by atoms with Crippen LogP contribution in [-0.2, 0) is 4.74 Å². The summed E-state index contributed by atoms with van der Waals surface area (Å²) in [7, 11) is 0. The van der Waals surface area contributed by atoms with E-state index in [1.165, 1.54) is 0 Å². The Morgan fingerprint density at radius 2 is 2.00 bits per heavy atom. The van der Waals surface area contributed by atoms with E-state index >= 15 is 0 Å². The fraction of sp³-hybridized carbons (Fsp3) is 0.154. The molecule has 2 aromatic heterocycles. The van der Waals surface area contributed by atoms with Crippen molar-refractivity contribution < 1.29 is 9.53 Å². The van der Waals surface area contributed by atoms with Crippen LogP contribution in [0.5, 0.6) is 0 Å². The molecule has 0 N–H and O–H groups in total. The SMILES string of the molecule is CCOC(=O)c1ccc(Cl)c(-c2ccncc2)n1. The number of carbonyl (C=O) groups is 1. The average Bonchev–Trinajstić information content (AvgIpc) is 2.40. The number of pyridine rings is 2. The average molecular weight is 263 g/mol. The van der Waals surface area contributed by atoms with Crippen molar-refractivity contribution in [2.45, 2.75) is 6.92 Å². The summed E-state index contributed by atoms with van der Waals surface area (Å²) < 4.78 is 4.90. The monoisotopic (exact) mass is 262 g/mol. The Morgan fingerprint density at radius 1 is 1.28 bits per heavy atom. The first-order valence-corrected chi connectivity index (χ1v) is 5.84.